The minimum absolute atomic E-state index is 0.0776. The maximum absolute atomic E-state index is 13.5. The molecule has 1 amide bonds. The van der Waals surface area contributed by atoms with Crippen molar-refractivity contribution in [2.45, 2.75) is 30.7 Å². The predicted molar refractivity (Wildman–Crippen MR) is 134 cm³/mol. The molecule has 1 fully saturated rings. The minimum Gasteiger partial charge on any atom is -0.308 e. The fourth-order valence-corrected chi connectivity index (χ4v) is 6.13. The van der Waals surface area contributed by atoms with Crippen LogP contribution in [0.5, 0.6) is 0 Å². The van der Waals surface area contributed by atoms with Crippen LogP contribution < -0.4 is 4.90 Å². The van der Waals surface area contributed by atoms with Crippen molar-refractivity contribution in [3.8, 4) is 0 Å². The van der Waals surface area contributed by atoms with Crippen molar-refractivity contribution in [3.05, 3.63) is 52.5 Å². The number of halogens is 1. The lowest BCUT2D eigenvalue weighted by atomic mass is 10.2. The fraction of sp³-hybridized carbons (Fsp3) is 0.391. The molecule has 0 saturated heterocycles. The average Bonchev–Trinajstić information content (AvgIpc) is 3.55. The summed E-state index contributed by atoms with van der Waals surface area (Å²) in [5, 5.41) is 1.23. The largest absolute Gasteiger partial charge is 0.308 e. The van der Waals surface area contributed by atoms with E-state index in [0.29, 0.717) is 28.8 Å². The number of hydrogen-bond donors (Lipinski definition) is 0. The Bertz CT molecular complexity index is 1290. The van der Waals surface area contributed by atoms with Gasteiger partial charge in [0.05, 0.1) is 15.1 Å². The molecule has 0 aliphatic heterocycles. The first-order valence-corrected chi connectivity index (χ1v) is 13.3. The Hall–Kier alpha value is -2.04. The Labute approximate surface area is 203 Å². The van der Waals surface area contributed by atoms with Gasteiger partial charge in [0.25, 0.3) is 5.91 Å². The summed E-state index contributed by atoms with van der Waals surface area (Å²) in [5.74, 6) is -0.223. The van der Waals surface area contributed by atoms with E-state index in [1.165, 1.54) is 27.8 Å². The number of fused-ring (bicyclic) bond motifs is 1. The number of nitrogens with zero attached hydrogens (tertiary/aromatic N) is 4. The number of anilines is 1. The highest BCUT2D eigenvalue weighted by atomic mass is 35.5. The van der Waals surface area contributed by atoms with Gasteiger partial charge in [0.15, 0.2) is 5.13 Å². The molecule has 0 atom stereocenters. The fourth-order valence-electron chi connectivity index (χ4n) is 3.51. The SMILES string of the molecule is Cc1c(Cl)ccc2sc(N(CCN(C)C)C(=O)c3ccc(S(=O)(=O)N(C)C4CC4)cc3)nc12. The van der Waals surface area contributed by atoms with Crippen LogP contribution in [-0.2, 0) is 10.0 Å². The minimum atomic E-state index is -3.56. The van der Waals surface area contributed by atoms with Crippen molar-refractivity contribution in [3.63, 3.8) is 0 Å². The molecule has 1 aliphatic carbocycles. The van der Waals surface area contributed by atoms with Gasteiger partial charge >= 0.3 is 0 Å². The normalized spacial score (nSPS) is 14.4. The maximum atomic E-state index is 13.5. The molecule has 2 aromatic carbocycles. The van der Waals surface area contributed by atoms with Gasteiger partial charge < -0.3 is 4.90 Å². The molecule has 0 unspecified atom stereocenters. The number of sulfonamides is 1. The molecule has 33 heavy (non-hydrogen) atoms. The maximum Gasteiger partial charge on any atom is 0.260 e. The average molecular weight is 507 g/mol. The first-order valence-electron chi connectivity index (χ1n) is 10.7. The molecule has 3 aromatic rings. The summed E-state index contributed by atoms with van der Waals surface area (Å²) < 4.78 is 28.0. The van der Waals surface area contributed by atoms with E-state index in [9.17, 15) is 13.2 Å². The van der Waals surface area contributed by atoms with Gasteiger partial charge in [-0.25, -0.2) is 13.4 Å². The van der Waals surface area contributed by atoms with Crippen molar-refractivity contribution in [1.29, 1.82) is 0 Å². The number of likely N-dealkylation sites (N-methyl/N-ethyl adjacent to an activating group) is 1. The number of benzene rings is 2. The van der Waals surface area contributed by atoms with E-state index < -0.39 is 10.0 Å². The van der Waals surface area contributed by atoms with Crippen LogP contribution in [0.15, 0.2) is 41.3 Å². The van der Waals surface area contributed by atoms with Gasteiger partial charge in [-0.15, -0.1) is 0 Å². The summed E-state index contributed by atoms with van der Waals surface area (Å²) in [6.07, 6.45) is 1.78. The topological polar surface area (TPSA) is 73.8 Å². The van der Waals surface area contributed by atoms with Gasteiger partial charge in [0.1, 0.15) is 0 Å². The molecule has 0 bridgehead atoms. The molecular weight excluding hydrogens is 480 g/mol. The Morgan fingerprint density at radius 2 is 1.76 bits per heavy atom. The van der Waals surface area contributed by atoms with Crippen molar-refractivity contribution in [2.75, 3.05) is 39.1 Å². The van der Waals surface area contributed by atoms with E-state index in [0.717, 1.165) is 28.6 Å². The summed E-state index contributed by atoms with van der Waals surface area (Å²) in [4.78, 5) is 22.1. The van der Waals surface area contributed by atoms with Crippen molar-refractivity contribution in [1.82, 2.24) is 14.2 Å². The molecular formula is C23H27ClN4O3S2. The lowest BCUT2D eigenvalue weighted by Gasteiger charge is -2.22. The van der Waals surface area contributed by atoms with Gasteiger partial charge in [-0.2, -0.15) is 4.31 Å². The van der Waals surface area contributed by atoms with Crippen LogP contribution in [0.1, 0.15) is 28.8 Å². The summed E-state index contributed by atoms with van der Waals surface area (Å²) in [6.45, 7) is 3.01. The number of hydrogen-bond acceptors (Lipinski definition) is 6. The summed E-state index contributed by atoms with van der Waals surface area (Å²) in [7, 11) is 1.94. The third-order valence-electron chi connectivity index (χ3n) is 5.82. The second-order valence-corrected chi connectivity index (χ2v) is 12.0. The predicted octanol–water partition coefficient (Wildman–Crippen LogP) is 4.25. The zero-order valence-corrected chi connectivity index (χ0v) is 21.5. The lowest BCUT2D eigenvalue weighted by molar-refractivity contribution is 0.0985. The zero-order chi connectivity index (χ0) is 23.9. The quantitative estimate of drug-likeness (QED) is 0.456. The van der Waals surface area contributed by atoms with Gasteiger partial charge in [0.2, 0.25) is 10.0 Å². The van der Waals surface area contributed by atoms with Crippen LogP contribution in [0.3, 0.4) is 0 Å². The van der Waals surface area contributed by atoms with Crippen LogP contribution in [0.25, 0.3) is 10.2 Å². The molecule has 4 rings (SSSR count). The molecule has 10 heteroatoms. The molecule has 1 aliphatic rings. The number of aromatic nitrogens is 1. The van der Waals surface area contributed by atoms with E-state index in [1.54, 1.807) is 24.1 Å². The van der Waals surface area contributed by atoms with Gasteiger partial charge in [-0.3, -0.25) is 9.69 Å². The van der Waals surface area contributed by atoms with Crippen molar-refractivity contribution >= 4 is 54.2 Å². The summed E-state index contributed by atoms with van der Waals surface area (Å²) in [5.41, 5.74) is 2.08. The van der Waals surface area contributed by atoms with E-state index in [-0.39, 0.29) is 16.8 Å². The van der Waals surface area contributed by atoms with E-state index in [2.05, 4.69) is 0 Å². The van der Waals surface area contributed by atoms with E-state index >= 15 is 0 Å². The van der Waals surface area contributed by atoms with Crippen molar-refractivity contribution in [2.24, 2.45) is 0 Å². The van der Waals surface area contributed by atoms with E-state index in [1.807, 2.05) is 38.1 Å². The molecule has 0 N–H and O–H groups in total. The van der Waals surface area contributed by atoms with Crippen molar-refractivity contribution < 1.29 is 13.2 Å². The molecule has 0 radical (unpaired) electrons. The number of carbonyl (C=O) groups excluding carboxylic acids is 1. The first-order chi connectivity index (χ1) is 15.6. The van der Waals surface area contributed by atoms with Gasteiger partial charge in [-0.05, 0) is 75.8 Å². The highest BCUT2D eigenvalue weighted by Gasteiger charge is 2.35. The summed E-state index contributed by atoms with van der Waals surface area (Å²) in [6, 6.07) is 10.00. The van der Waals surface area contributed by atoms with Crippen LogP contribution >= 0.6 is 22.9 Å². The van der Waals surface area contributed by atoms with Crippen LogP contribution in [0, 0.1) is 6.92 Å². The highest BCUT2D eigenvalue weighted by Crippen LogP contribution is 2.34. The summed E-state index contributed by atoms with van der Waals surface area (Å²) >= 11 is 7.70. The second-order valence-electron chi connectivity index (χ2n) is 8.55. The number of aryl methyl sites for hydroxylation is 1. The highest BCUT2D eigenvalue weighted by molar-refractivity contribution is 7.89. The van der Waals surface area contributed by atoms with Gasteiger partial charge in [-0.1, -0.05) is 22.9 Å². The lowest BCUT2D eigenvalue weighted by Crippen LogP contribution is -2.36. The number of rotatable bonds is 8. The first kappa shape index (κ1) is 24.1. The third-order valence-corrected chi connectivity index (χ3v) is 9.20. The van der Waals surface area contributed by atoms with Crippen LogP contribution in [-0.4, -0.2) is 68.8 Å². The molecule has 0 spiro atoms. The zero-order valence-electron chi connectivity index (χ0n) is 19.1. The van der Waals surface area contributed by atoms with Crippen LogP contribution in [0.2, 0.25) is 5.02 Å². The monoisotopic (exact) mass is 506 g/mol. The second kappa shape index (κ2) is 9.31. The third kappa shape index (κ3) is 4.93. The Morgan fingerprint density at radius 3 is 2.36 bits per heavy atom. The molecule has 1 saturated carbocycles. The standard InChI is InChI=1S/C23H27ClN4O3S2/c1-15-19(24)11-12-20-21(15)25-23(32-20)28(14-13-26(2)3)22(29)16-5-9-18(10-6-16)33(30,31)27(4)17-7-8-17/h5-6,9-12,17H,7-8,13-14H2,1-4H3. The Morgan fingerprint density at radius 1 is 1.09 bits per heavy atom. The number of thiazole rings is 1. The van der Waals surface area contributed by atoms with E-state index in [4.69, 9.17) is 16.6 Å². The Kier molecular flexibility index (Phi) is 6.80. The molecule has 176 valence electrons. The van der Waals surface area contributed by atoms with Crippen LogP contribution in [0.4, 0.5) is 5.13 Å². The Balaban J connectivity index is 1.65. The van der Waals surface area contributed by atoms with Gasteiger partial charge in [0, 0.05) is 36.8 Å². The number of amides is 1. The number of carbonyl (C=O) groups is 1. The molecule has 1 heterocycles. The smallest absolute Gasteiger partial charge is 0.260 e. The molecule has 7 nitrogen and oxygen atoms in total. The molecule has 1 aromatic heterocycles.